The molecule has 24 heavy (non-hydrogen) atoms. The van der Waals surface area contributed by atoms with Gasteiger partial charge in [-0.1, -0.05) is 57.4 Å². The molecule has 1 aromatic carbocycles. The first-order chi connectivity index (χ1) is 11.8. The smallest absolute Gasteiger partial charge is 0.231 e. The molecular weight excluding hydrogens is 300 g/mol. The lowest BCUT2D eigenvalue weighted by molar-refractivity contribution is -0.117. The molecule has 1 aromatic rings. The molecule has 1 aliphatic rings. The summed E-state index contributed by atoms with van der Waals surface area (Å²) < 4.78 is 10.8. The van der Waals surface area contributed by atoms with Crippen LogP contribution >= 0.6 is 0 Å². The van der Waals surface area contributed by atoms with Gasteiger partial charge in [0.15, 0.2) is 11.5 Å². The zero-order valence-corrected chi connectivity index (χ0v) is 15.1. The molecule has 0 amide bonds. The largest absolute Gasteiger partial charge is 0.454 e. The molecule has 0 aromatic heterocycles. The topological polar surface area (TPSA) is 35.5 Å². The Morgan fingerprint density at radius 2 is 1.42 bits per heavy atom. The van der Waals surface area contributed by atoms with Gasteiger partial charge in [0.2, 0.25) is 6.79 Å². The first-order valence-corrected chi connectivity index (χ1v) is 9.63. The fourth-order valence-corrected chi connectivity index (χ4v) is 3.21. The molecule has 1 aliphatic heterocycles. The Morgan fingerprint density at radius 3 is 2.08 bits per heavy atom. The van der Waals surface area contributed by atoms with Gasteiger partial charge < -0.3 is 14.3 Å². The lowest BCUT2D eigenvalue weighted by atomic mass is 10.0. The molecule has 0 saturated carbocycles. The second-order valence-electron chi connectivity index (χ2n) is 6.93. The third kappa shape index (κ3) is 7.37. The minimum atomic E-state index is 0.329. The van der Waals surface area contributed by atoms with Crippen molar-refractivity contribution in [3.63, 3.8) is 0 Å². The summed E-state index contributed by atoms with van der Waals surface area (Å²) in [4.78, 5) is 10.8. The van der Waals surface area contributed by atoms with Crippen molar-refractivity contribution in [3.05, 3.63) is 23.8 Å². The molecule has 0 fully saturated rings. The van der Waals surface area contributed by atoms with Crippen molar-refractivity contribution < 1.29 is 14.3 Å². The van der Waals surface area contributed by atoms with E-state index >= 15 is 0 Å². The molecule has 134 valence electrons. The van der Waals surface area contributed by atoms with E-state index in [1.54, 1.807) is 6.92 Å². The molecule has 0 bridgehead atoms. The number of carbonyl (C=O) groups is 1. The van der Waals surface area contributed by atoms with Crippen LogP contribution in [-0.2, 0) is 11.2 Å². The predicted octanol–water partition coefficient (Wildman–Crippen LogP) is 5.84. The number of ketones is 1. The number of ether oxygens (including phenoxy) is 2. The standard InChI is InChI=1S/C21H32O3/c1-18(22)12-10-8-6-4-2-3-5-7-9-11-13-19-14-15-20-21(16-19)24-17-23-20/h14-16H,2-13,17H2,1H3. The van der Waals surface area contributed by atoms with Crippen LogP contribution in [0.1, 0.15) is 83.1 Å². The van der Waals surface area contributed by atoms with Crippen LogP contribution in [0.2, 0.25) is 0 Å². The number of carbonyl (C=O) groups excluding carboxylic acids is 1. The summed E-state index contributed by atoms with van der Waals surface area (Å²) in [5.74, 6) is 2.10. The normalized spacial score (nSPS) is 12.5. The number of aryl methyl sites for hydroxylation is 1. The average Bonchev–Trinajstić information content (AvgIpc) is 3.03. The van der Waals surface area contributed by atoms with Crippen LogP contribution in [-0.4, -0.2) is 12.6 Å². The first kappa shape index (κ1) is 18.8. The lowest BCUT2D eigenvalue weighted by Gasteiger charge is -2.04. The van der Waals surface area contributed by atoms with Gasteiger partial charge in [0.25, 0.3) is 0 Å². The Balaban J connectivity index is 1.39. The van der Waals surface area contributed by atoms with Crippen LogP contribution in [0.5, 0.6) is 11.5 Å². The van der Waals surface area contributed by atoms with Crippen molar-refractivity contribution in [1.82, 2.24) is 0 Å². The molecule has 0 aliphatic carbocycles. The molecular formula is C21H32O3. The zero-order valence-electron chi connectivity index (χ0n) is 15.1. The Kier molecular flexibility index (Phi) is 8.72. The second-order valence-corrected chi connectivity index (χ2v) is 6.93. The van der Waals surface area contributed by atoms with E-state index in [1.165, 1.54) is 63.4 Å². The van der Waals surface area contributed by atoms with Gasteiger partial charge in [-0.15, -0.1) is 0 Å². The van der Waals surface area contributed by atoms with Crippen LogP contribution in [0.4, 0.5) is 0 Å². The fourth-order valence-electron chi connectivity index (χ4n) is 3.21. The van der Waals surface area contributed by atoms with Crippen molar-refractivity contribution >= 4 is 5.78 Å². The van der Waals surface area contributed by atoms with Crippen molar-refractivity contribution in [3.8, 4) is 11.5 Å². The highest BCUT2D eigenvalue weighted by atomic mass is 16.7. The quantitative estimate of drug-likeness (QED) is 0.426. The molecule has 0 spiro atoms. The van der Waals surface area contributed by atoms with E-state index in [1.807, 2.05) is 6.07 Å². The number of benzene rings is 1. The van der Waals surface area contributed by atoms with E-state index in [-0.39, 0.29) is 0 Å². The van der Waals surface area contributed by atoms with Crippen molar-refractivity contribution in [1.29, 1.82) is 0 Å². The number of Topliss-reactive ketones (excluding diaryl/α,β-unsaturated/α-hetero) is 1. The van der Waals surface area contributed by atoms with Gasteiger partial charge in [0.05, 0.1) is 0 Å². The molecule has 3 nitrogen and oxygen atoms in total. The Hall–Kier alpha value is -1.51. The van der Waals surface area contributed by atoms with Crippen LogP contribution in [0.25, 0.3) is 0 Å². The highest BCUT2D eigenvalue weighted by molar-refractivity contribution is 5.75. The number of hydrogen-bond donors (Lipinski definition) is 0. The average molecular weight is 332 g/mol. The van der Waals surface area contributed by atoms with Gasteiger partial charge in [-0.05, 0) is 43.9 Å². The van der Waals surface area contributed by atoms with E-state index < -0.39 is 0 Å². The summed E-state index contributed by atoms with van der Waals surface area (Å²) in [6.45, 7) is 2.04. The summed E-state index contributed by atoms with van der Waals surface area (Å²) in [5, 5.41) is 0. The predicted molar refractivity (Wildman–Crippen MR) is 97.7 cm³/mol. The Labute approximate surface area is 146 Å². The van der Waals surface area contributed by atoms with Crippen LogP contribution in [0.3, 0.4) is 0 Å². The maximum Gasteiger partial charge on any atom is 0.231 e. The van der Waals surface area contributed by atoms with E-state index in [2.05, 4.69) is 12.1 Å². The molecule has 0 unspecified atom stereocenters. The number of fused-ring (bicyclic) bond motifs is 1. The van der Waals surface area contributed by atoms with Gasteiger partial charge in [0.1, 0.15) is 5.78 Å². The van der Waals surface area contributed by atoms with E-state index in [4.69, 9.17) is 9.47 Å². The first-order valence-electron chi connectivity index (χ1n) is 9.63. The molecule has 0 saturated heterocycles. The van der Waals surface area contributed by atoms with Gasteiger partial charge in [-0.3, -0.25) is 0 Å². The number of unbranched alkanes of at least 4 members (excludes halogenated alkanes) is 9. The maximum atomic E-state index is 10.8. The van der Waals surface area contributed by atoms with Crippen molar-refractivity contribution in [2.45, 2.75) is 84.0 Å². The van der Waals surface area contributed by atoms with E-state index in [9.17, 15) is 4.79 Å². The third-order valence-electron chi connectivity index (χ3n) is 4.68. The highest BCUT2D eigenvalue weighted by Crippen LogP contribution is 2.32. The maximum absolute atomic E-state index is 10.8. The van der Waals surface area contributed by atoms with Crippen LogP contribution in [0, 0.1) is 0 Å². The minimum absolute atomic E-state index is 0.329. The highest BCUT2D eigenvalue weighted by Gasteiger charge is 2.12. The summed E-state index contributed by atoms with van der Waals surface area (Å²) in [6.07, 6.45) is 14.8. The molecule has 2 rings (SSSR count). The second kappa shape index (κ2) is 11.1. The minimum Gasteiger partial charge on any atom is -0.454 e. The molecule has 0 radical (unpaired) electrons. The summed E-state index contributed by atoms with van der Waals surface area (Å²) in [6, 6.07) is 6.29. The lowest BCUT2D eigenvalue weighted by Crippen LogP contribution is -1.93. The SMILES string of the molecule is CC(=O)CCCCCCCCCCCCc1ccc2c(c1)OCO2. The third-order valence-corrected chi connectivity index (χ3v) is 4.68. The molecule has 0 N–H and O–H groups in total. The molecule has 0 atom stereocenters. The zero-order chi connectivity index (χ0) is 17.0. The summed E-state index contributed by atoms with van der Waals surface area (Å²) in [5.41, 5.74) is 1.35. The van der Waals surface area contributed by atoms with E-state index in [0.29, 0.717) is 12.6 Å². The Morgan fingerprint density at radius 1 is 0.833 bits per heavy atom. The monoisotopic (exact) mass is 332 g/mol. The number of rotatable bonds is 13. The van der Waals surface area contributed by atoms with Crippen molar-refractivity contribution in [2.24, 2.45) is 0 Å². The Bertz CT molecular complexity index is 496. The van der Waals surface area contributed by atoms with E-state index in [0.717, 1.165) is 30.8 Å². The number of hydrogen-bond acceptors (Lipinski definition) is 3. The van der Waals surface area contributed by atoms with Crippen LogP contribution in [0.15, 0.2) is 18.2 Å². The van der Waals surface area contributed by atoms with Crippen LogP contribution < -0.4 is 9.47 Å². The summed E-state index contributed by atoms with van der Waals surface area (Å²) >= 11 is 0. The van der Waals surface area contributed by atoms with Gasteiger partial charge >= 0.3 is 0 Å². The van der Waals surface area contributed by atoms with Gasteiger partial charge in [-0.2, -0.15) is 0 Å². The molecule has 1 heterocycles. The molecule has 3 heteroatoms. The summed E-state index contributed by atoms with van der Waals surface area (Å²) in [7, 11) is 0. The fraction of sp³-hybridized carbons (Fsp3) is 0.667. The van der Waals surface area contributed by atoms with Gasteiger partial charge in [-0.25, -0.2) is 0 Å². The van der Waals surface area contributed by atoms with Gasteiger partial charge in [0, 0.05) is 6.42 Å². The van der Waals surface area contributed by atoms with Crippen molar-refractivity contribution in [2.75, 3.05) is 6.79 Å².